The first-order chi connectivity index (χ1) is 7.29. The second-order valence-electron chi connectivity index (χ2n) is 3.38. The van der Waals surface area contributed by atoms with Gasteiger partial charge in [-0.15, -0.1) is 23.7 Å². The Morgan fingerprint density at radius 1 is 1.12 bits per heavy atom. The molecule has 2 rings (SSSR count). The highest BCUT2D eigenvalue weighted by atomic mass is 35.5. The van der Waals surface area contributed by atoms with Crippen molar-refractivity contribution in [3.63, 3.8) is 0 Å². The van der Waals surface area contributed by atoms with Crippen molar-refractivity contribution in [1.29, 1.82) is 0 Å². The summed E-state index contributed by atoms with van der Waals surface area (Å²) in [7, 11) is 0. The molecule has 0 fully saturated rings. The van der Waals surface area contributed by atoms with Crippen molar-refractivity contribution in [1.82, 2.24) is 0 Å². The van der Waals surface area contributed by atoms with E-state index >= 15 is 0 Å². The highest BCUT2D eigenvalue weighted by molar-refractivity contribution is 7.10. The fraction of sp³-hybridized carbons (Fsp3) is 0.167. The van der Waals surface area contributed by atoms with E-state index in [9.17, 15) is 0 Å². The maximum absolute atomic E-state index is 5.83. The molecule has 2 aromatic rings. The molecule has 1 nitrogen and oxygen atoms in total. The van der Waals surface area contributed by atoms with E-state index in [1.807, 2.05) is 12.1 Å². The first-order valence-corrected chi connectivity index (χ1v) is 6.05. The Morgan fingerprint density at radius 2 is 1.81 bits per heavy atom. The second-order valence-corrected chi connectivity index (χ2v) is 4.81. The van der Waals surface area contributed by atoms with Gasteiger partial charge in [-0.2, -0.15) is 0 Å². The van der Waals surface area contributed by atoms with Crippen LogP contribution in [0.25, 0.3) is 0 Å². The van der Waals surface area contributed by atoms with Crippen LogP contribution in [0, 0.1) is 0 Å². The van der Waals surface area contributed by atoms with Gasteiger partial charge in [0.1, 0.15) is 0 Å². The lowest BCUT2D eigenvalue weighted by molar-refractivity contribution is 1.06. The highest BCUT2D eigenvalue weighted by Gasteiger charge is 2.03. The van der Waals surface area contributed by atoms with E-state index in [-0.39, 0.29) is 12.4 Å². The van der Waals surface area contributed by atoms with Gasteiger partial charge in [0, 0.05) is 16.4 Å². The zero-order chi connectivity index (χ0) is 10.7. The Morgan fingerprint density at radius 3 is 2.44 bits per heavy atom. The average molecular weight is 274 g/mol. The number of halogens is 2. The number of benzene rings is 1. The van der Waals surface area contributed by atoms with Crippen LogP contribution in [0.2, 0.25) is 5.02 Å². The van der Waals surface area contributed by atoms with Crippen LogP contribution in [0.4, 0.5) is 0 Å². The van der Waals surface area contributed by atoms with Crippen LogP contribution < -0.4 is 5.73 Å². The zero-order valence-corrected chi connectivity index (χ0v) is 11.0. The summed E-state index contributed by atoms with van der Waals surface area (Å²) in [6.07, 6.45) is 0.938. The Kier molecular flexibility index (Phi) is 5.29. The van der Waals surface area contributed by atoms with Crippen LogP contribution in [-0.2, 0) is 13.0 Å². The van der Waals surface area contributed by atoms with Gasteiger partial charge in [-0.05, 0) is 41.1 Å². The number of nitrogens with two attached hydrogens (primary N) is 1. The normalized spacial score (nSPS) is 9.88. The Bertz CT molecular complexity index is 437. The molecule has 1 aromatic heterocycles. The van der Waals surface area contributed by atoms with E-state index in [0.717, 1.165) is 11.4 Å². The summed E-state index contributed by atoms with van der Waals surface area (Å²) in [6.45, 7) is 0.626. The number of thiophene rings is 1. The standard InChI is InChI=1S/C12H12ClNS.ClH/c13-11-3-1-9(2-4-11)7-10-5-6-15-12(10)8-14;/h1-6H,7-8,14H2;1H. The Hall–Kier alpha value is -0.540. The molecule has 2 N–H and O–H groups in total. The summed E-state index contributed by atoms with van der Waals surface area (Å²) >= 11 is 7.56. The molecular weight excluding hydrogens is 261 g/mol. The summed E-state index contributed by atoms with van der Waals surface area (Å²) in [5.41, 5.74) is 8.26. The fourth-order valence-electron chi connectivity index (χ4n) is 1.53. The minimum absolute atomic E-state index is 0. The molecule has 0 saturated heterocycles. The van der Waals surface area contributed by atoms with Crippen molar-refractivity contribution in [2.24, 2.45) is 5.73 Å². The van der Waals surface area contributed by atoms with Crippen LogP contribution in [0.3, 0.4) is 0 Å². The lowest BCUT2D eigenvalue weighted by Gasteiger charge is -2.02. The van der Waals surface area contributed by atoms with E-state index in [4.69, 9.17) is 17.3 Å². The summed E-state index contributed by atoms with van der Waals surface area (Å²) in [4.78, 5) is 1.27. The Labute approximate surface area is 111 Å². The fourth-order valence-corrected chi connectivity index (χ4v) is 2.44. The van der Waals surface area contributed by atoms with Gasteiger partial charge in [0.25, 0.3) is 0 Å². The van der Waals surface area contributed by atoms with Crippen LogP contribution in [0.15, 0.2) is 35.7 Å². The molecule has 1 aromatic carbocycles. The zero-order valence-electron chi connectivity index (χ0n) is 8.65. The molecule has 0 saturated carbocycles. The molecular formula is C12H13Cl2NS. The SMILES string of the molecule is Cl.NCc1sccc1Cc1ccc(Cl)cc1. The molecule has 16 heavy (non-hydrogen) atoms. The highest BCUT2D eigenvalue weighted by Crippen LogP contribution is 2.20. The van der Waals surface area contributed by atoms with Crippen LogP contribution in [0.5, 0.6) is 0 Å². The molecule has 1 heterocycles. The molecule has 0 aliphatic rings. The first-order valence-electron chi connectivity index (χ1n) is 4.79. The molecule has 0 bridgehead atoms. The average Bonchev–Trinajstić information content (AvgIpc) is 2.69. The van der Waals surface area contributed by atoms with Gasteiger partial charge in [-0.25, -0.2) is 0 Å². The summed E-state index contributed by atoms with van der Waals surface area (Å²) in [5.74, 6) is 0. The van der Waals surface area contributed by atoms with E-state index in [1.165, 1.54) is 16.0 Å². The quantitative estimate of drug-likeness (QED) is 0.903. The molecule has 0 radical (unpaired) electrons. The summed E-state index contributed by atoms with van der Waals surface area (Å²) in [6, 6.07) is 10.1. The largest absolute Gasteiger partial charge is 0.326 e. The molecule has 0 aliphatic heterocycles. The van der Waals surface area contributed by atoms with Gasteiger partial charge in [-0.1, -0.05) is 23.7 Å². The summed E-state index contributed by atoms with van der Waals surface area (Å²) in [5, 5.41) is 2.87. The van der Waals surface area contributed by atoms with E-state index in [0.29, 0.717) is 6.54 Å². The molecule has 0 aliphatic carbocycles. The van der Waals surface area contributed by atoms with Gasteiger partial charge < -0.3 is 5.73 Å². The third-order valence-electron chi connectivity index (χ3n) is 2.33. The van der Waals surface area contributed by atoms with Crippen molar-refractivity contribution in [2.75, 3.05) is 0 Å². The molecule has 0 unspecified atom stereocenters. The monoisotopic (exact) mass is 273 g/mol. The maximum Gasteiger partial charge on any atom is 0.0406 e. The van der Waals surface area contributed by atoms with E-state index in [1.54, 1.807) is 11.3 Å². The van der Waals surface area contributed by atoms with Gasteiger partial charge in [-0.3, -0.25) is 0 Å². The number of rotatable bonds is 3. The predicted octanol–water partition coefficient (Wildman–Crippen LogP) is 3.87. The third kappa shape index (κ3) is 3.22. The molecule has 0 amide bonds. The smallest absolute Gasteiger partial charge is 0.0406 e. The van der Waals surface area contributed by atoms with Gasteiger partial charge in [0.15, 0.2) is 0 Å². The van der Waals surface area contributed by atoms with E-state index in [2.05, 4.69) is 23.6 Å². The van der Waals surface area contributed by atoms with Crippen molar-refractivity contribution in [3.05, 3.63) is 56.7 Å². The minimum atomic E-state index is 0. The lowest BCUT2D eigenvalue weighted by Crippen LogP contribution is -1.97. The summed E-state index contributed by atoms with van der Waals surface area (Å²) < 4.78 is 0. The van der Waals surface area contributed by atoms with Crippen molar-refractivity contribution < 1.29 is 0 Å². The Balaban J connectivity index is 0.00000128. The number of hydrogen-bond acceptors (Lipinski definition) is 2. The first kappa shape index (κ1) is 13.5. The van der Waals surface area contributed by atoms with E-state index < -0.39 is 0 Å². The van der Waals surface area contributed by atoms with Crippen molar-refractivity contribution >= 4 is 35.3 Å². The van der Waals surface area contributed by atoms with Gasteiger partial charge >= 0.3 is 0 Å². The second kappa shape index (κ2) is 6.26. The van der Waals surface area contributed by atoms with Crippen LogP contribution in [0.1, 0.15) is 16.0 Å². The molecule has 4 heteroatoms. The predicted molar refractivity (Wildman–Crippen MR) is 73.7 cm³/mol. The topological polar surface area (TPSA) is 26.0 Å². The van der Waals surface area contributed by atoms with Crippen LogP contribution in [-0.4, -0.2) is 0 Å². The lowest BCUT2D eigenvalue weighted by atomic mass is 10.1. The van der Waals surface area contributed by atoms with Crippen LogP contribution >= 0.6 is 35.3 Å². The molecule has 0 spiro atoms. The van der Waals surface area contributed by atoms with Gasteiger partial charge in [0.05, 0.1) is 0 Å². The number of hydrogen-bond donors (Lipinski definition) is 1. The molecule has 0 atom stereocenters. The minimum Gasteiger partial charge on any atom is -0.326 e. The molecule has 86 valence electrons. The van der Waals surface area contributed by atoms with Crippen molar-refractivity contribution in [3.8, 4) is 0 Å². The van der Waals surface area contributed by atoms with Crippen molar-refractivity contribution in [2.45, 2.75) is 13.0 Å². The van der Waals surface area contributed by atoms with Gasteiger partial charge in [0.2, 0.25) is 0 Å². The maximum atomic E-state index is 5.83. The third-order valence-corrected chi connectivity index (χ3v) is 3.57.